The topological polar surface area (TPSA) is 37.3 Å². The summed E-state index contributed by atoms with van der Waals surface area (Å²) in [6, 6.07) is 10.3. The van der Waals surface area contributed by atoms with Gasteiger partial charge in [0.2, 0.25) is 0 Å². The Bertz CT molecular complexity index is 722. The summed E-state index contributed by atoms with van der Waals surface area (Å²) in [6.45, 7) is 0. The summed E-state index contributed by atoms with van der Waals surface area (Å²) >= 11 is 0. The van der Waals surface area contributed by atoms with Crippen LogP contribution in [-0.4, -0.2) is 11.1 Å². The molecule has 0 aromatic heterocycles. The van der Waals surface area contributed by atoms with Gasteiger partial charge in [0.25, 0.3) is 0 Å². The van der Waals surface area contributed by atoms with Crippen molar-refractivity contribution in [1.82, 2.24) is 0 Å². The standard InChI is InChI=1S/C23H24O2/c24-23(25)17-9-16-22-19(20-14-7-8-15-21(20)22)13-6-2-5-12-18-10-3-1-4-11-18/h1-12,14-15,17,19-22H,13,16H2,(H,24,25). The minimum atomic E-state index is -0.863. The van der Waals surface area contributed by atoms with Crippen LogP contribution < -0.4 is 0 Å². The third-order valence-corrected chi connectivity index (χ3v) is 5.17. The van der Waals surface area contributed by atoms with Crippen molar-refractivity contribution in [2.45, 2.75) is 12.8 Å². The average Bonchev–Trinajstić information content (AvgIpc) is 2.62. The van der Waals surface area contributed by atoms with E-state index in [1.54, 1.807) is 6.08 Å². The molecule has 1 aromatic carbocycles. The quantitative estimate of drug-likeness (QED) is 0.545. The zero-order valence-electron chi connectivity index (χ0n) is 14.2. The second-order valence-electron chi connectivity index (χ2n) is 6.66. The molecule has 0 bridgehead atoms. The summed E-state index contributed by atoms with van der Waals surface area (Å²) in [7, 11) is 0. The molecule has 2 aliphatic carbocycles. The number of carboxylic acids is 1. The number of rotatable bonds is 7. The lowest BCUT2D eigenvalue weighted by Crippen LogP contribution is -2.45. The van der Waals surface area contributed by atoms with Crippen LogP contribution in [0, 0.1) is 23.7 Å². The molecule has 2 heteroatoms. The van der Waals surface area contributed by atoms with Crippen LogP contribution in [0.3, 0.4) is 0 Å². The number of fused-ring (bicyclic) bond motifs is 1. The fourth-order valence-electron chi connectivity index (χ4n) is 3.96. The summed E-state index contributed by atoms with van der Waals surface area (Å²) in [6.07, 6.45) is 22.3. The Morgan fingerprint density at radius 2 is 1.56 bits per heavy atom. The maximum atomic E-state index is 10.7. The zero-order chi connectivity index (χ0) is 17.5. The van der Waals surface area contributed by atoms with Gasteiger partial charge >= 0.3 is 5.97 Å². The first kappa shape index (κ1) is 17.2. The number of hydrogen-bond acceptors (Lipinski definition) is 1. The van der Waals surface area contributed by atoms with Crippen molar-refractivity contribution in [3.05, 3.63) is 90.6 Å². The predicted molar refractivity (Wildman–Crippen MR) is 103 cm³/mol. The highest BCUT2D eigenvalue weighted by atomic mass is 16.4. The molecule has 0 saturated heterocycles. The number of carboxylic acid groups (broad SMARTS) is 1. The molecule has 2 nitrogen and oxygen atoms in total. The highest BCUT2D eigenvalue weighted by molar-refractivity contribution is 5.79. The van der Waals surface area contributed by atoms with Crippen molar-refractivity contribution in [2.75, 3.05) is 0 Å². The van der Waals surface area contributed by atoms with E-state index < -0.39 is 5.97 Å². The SMILES string of the molecule is O=C(O)C=CCC1C2C=CC=CC2C1CC=CC=Cc1ccccc1. The summed E-state index contributed by atoms with van der Waals surface area (Å²) in [4.78, 5) is 10.7. The lowest BCUT2D eigenvalue weighted by atomic mass is 9.53. The van der Waals surface area contributed by atoms with E-state index in [0.717, 1.165) is 12.8 Å². The summed E-state index contributed by atoms with van der Waals surface area (Å²) < 4.78 is 0. The smallest absolute Gasteiger partial charge is 0.327 e. The lowest BCUT2D eigenvalue weighted by molar-refractivity contribution is -0.131. The number of allylic oxidation sites excluding steroid dienone is 8. The second kappa shape index (κ2) is 8.48. The van der Waals surface area contributed by atoms with Gasteiger partial charge < -0.3 is 5.11 Å². The molecule has 0 spiro atoms. The minimum Gasteiger partial charge on any atom is -0.478 e. The molecule has 1 N–H and O–H groups in total. The van der Waals surface area contributed by atoms with Gasteiger partial charge in [-0.15, -0.1) is 0 Å². The normalized spacial score (nSPS) is 27.8. The van der Waals surface area contributed by atoms with Crippen LogP contribution in [0.4, 0.5) is 0 Å². The largest absolute Gasteiger partial charge is 0.478 e. The number of carbonyl (C=O) groups is 1. The van der Waals surface area contributed by atoms with Crippen LogP contribution in [0.2, 0.25) is 0 Å². The Balaban J connectivity index is 1.56. The van der Waals surface area contributed by atoms with Gasteiger partial charge in [-0.25, -0.2) is 4.79 Å². The third-order valence-electron chi connectivity index (χ3n) is 5.17. The third kappa shape index (κ3) is 4.48. The highest BCUT2D eigenvalue weighted by Crippen LogP contribution is 2.52. The van der Waals surface area contributed by atoms with Crippen LogP contribution in [0.25, 0.3) is 6.08 Å². The van der Waals surface area contributed by atoms with Gasteiger partial charge in [-0.1, -0.05) is 85.0 Å². The molecule has 1 aromatic rings. The first-order valence-corrected chi connectivity index (χ1v) is 8.88. The van der Waals surface area contributed by atoms with E-state index in [-0.39, 0.29) is 0 Å². The van der Waals surface area contributed by atoms with E-state index in [4.69, 9.17) is 5.11 Å². The van der Waals surface area contributed by atoms with Gasteiger partial charge in [-0.3, -0.25) is 0 Å². The lowest BCUT2D eigenvalue weighted by Gasteiger charge is -2.51. The molecule has 1 saturated carbocycles. The molecular formula is C23H24O2. The fraction of sp³-hybridized carbons (Fsp3) is 0.261. The average molecular weight is 332 g/mol. The summed E-state index contributed by atoms with van der Waals surface area (Å²) in [5.74, 6) is 1.41. The molecule has 0 radical (unpaired) electrons. The molecular weight excluding hydrogens is 308 g/mol. The molecule has 128 valence electrons. The van der Waals surface area contributed by atoms with E-state index in [2.05, 4.69) is 60.7 Å². The van der Waals surface area contributed by atoms with E-state index in [1.807, 2.05) is 18.2 Å². The zero-order valence-corrected chi connectivity index (χ0v) is 14.2. The van der Waals surface area contributed by atoms with Crippen LogP contribution in [-0.2, 0) is 4.79 Å². The minimum absolute atomic E-state index is 0.532. The van der Waals surface area contributed by atoms with Crippen molar-refractivity contribution in [3.63, 3.8) is 0 Å². The van der Waals surface area contributed by atoms with Crippen molar-refractivity contribution in [2.24, 2.45) is 23.7 Å². The molecule has 0 aliphatic heterocycles. The van der Waals surface area contributed by atoms with Crippen LogP contribution in [0.15, 0.2) is 85.0 Å². The molecule has 25 heavy (non-hydrogen) atoms. The van der Waals surface area contributed by atoms with Crippen LogP contribution in [0.5, 0.6) is 0 Å². The first-order chi connectivity index (χ1) is 12.3. The van der Waals surface area contributed by atoms with E-state index in [9.17, 15) is 4.79 Å². The summed E-state index contributed by atoms with van der Waals surface area (Å²) in [5.41, 5.74) is 1.20. The van der Waals surface area contributed by atoms with Gasteiger partial charge in [0, 0.05) is 6.08 Å². The van der Waals surface area contributed by atoms with E-state index >= 15 is 0 Å². The van der Waals surface area contributed by atoms with Crippen molar-refractivity contribution in [3.8, 4) is 0 Å². The first-order valence-electron chi connectivity index (χ1n) is 8.88. The highest BCUT2D eigenvalue weighted by Gasteiger charge is 2.46. The molecule has 0 heterocycles. The molecule has 1 fully saturated rings. The van der Waals surface area contributed by atoms with Gasteiger partial charge in [-0.2, -0.15) is 0 Å². The molecule has 2 aliphatic rings. The fourth-order valence-corrected chi connectivity index (χ4v) is 3.96. The van der Waals surface area contributed by atoms with Gasteiger partial charge in [0.15, 0.2) is 0 Å². The molecule has 4 atom stereocenters. The Morgan fingerprint density at radius 3 is 2.20 bits per heavy atom. The Labute approximate surface area is 149 Å². The Hall–Kier alpha value is -2.61. The predicted octanol–water partition coefficient (Wildman–Crippen LogP) is 5.28. The van der Waals surface area contributed by atoms with Crippen LogP contribution in [0.1, 0.15) is 18.4 Å². The summed E-state index contributed by atoms with van der Waals surface area (Å²) in [5, 5.41) is 8.78. The second-order valence-corrected chi connectivity index (χ2v) is 6.66. The van der Waals surface area contributed by atoms with Crippen LogP contribution >= 0.6 is 0 Å². The maximum absolute atomic E-state index is 10.7. The van der Waals surface area contributed by atoms with E-state index in [1.165, 1.54) is 11.6 Å². The van der Waals surface area contributed by atoms with Crippen molar-refractivity contribution < 1.29 is 9.90 Å². The van der Waals surface area contributed by atoms with Gasteiger partial charge in [0.05, 0.1) is 0 Å². The molecule has 0 amide bonds. The van der Waals surface area contributed by atoms with E-state index in [0.29, 0.717) is 23.7 Å². The monoisotopic (exact) mass is 332 g/mol. The van der Waals surface area contributed by atoms with Gasteiger partial charge in [0.1, 0.15) is 0 Å². The maximum Gasteiger partial charge on any atom is 0.327 e. The number of benzene rings is 1. The van der Waals surface area contributed by atoms with Gasteiger partial charge in [-0.05, 0) is 42.1 Å². The molecule has 4 unspecified atom stereocenters. The number of aliphatic carboxylic acids is 1. The molecule has 3 rings (SSSR count). The Morgan fingerprint density at radius 1 is 0.920 bits per heavy atom. The van der Waals surface area contributed by atoms with Crippen molar-refractivity contribution >= 4 is 12.0 Å². The Kier molecular flexibility index (Phi) is 5.84. The van der Waals surface area contributed by atoms with Crippen molar-refractivity contribution in [1.29, 1.82) is 0 Å². The number of hydrogen-bond donors (Lipinski definition) is 1.